The quantitative estimate of drug-likeness (QED) is 0.694. The van der Waals surface area contributed by atoms with Gasteiger partial charge in [0.25, 0.3) is 5.91 Å². The highest BCUT2D eigenvalue weighted by Gasteiger charge is 2.25. The molecule has 2 aromatic carbocycles. The summed E-state index contributed by atoms with van der Waals surface area (Å²) in [7, 11) is 0. The van der Waals surface area contributed by atoms with Crippen molar-refractivity contribution >= 4 is 23.3 Å². The zero-order valence-corrected chi connectivity index (χ0v) is 12.0. The fraction of sp³-hybridized carbons (Fsp3) is 0.176. The van der Waals surface area contributed by atoms with E-state index in [1.54, 1.807) is 29.2 Å². The van der Waals surface area contributed by atoms with E-state index in [4.69, 9.17) is 10.5 Å². The smallest absolute Gasteiger partial charge is 0.340 e. The van der Waals surface area contributed by atoms with Crippen LogP contribution >= 0.6 is 0 Å². The molecule has 0 unspecified atom stereocenters. The highest BCUT2D eigenvalue weighted by molar-refractivity contribution is 6.00. The molecular formula is C17H16N2O3. The van der Waals surface area contributed by atoms with E-state index in [2.05, 4.69) is 0 Å². The Morgan fingerprint density at radius 1 is 1.09 bits per heavy atom. The number of nitrogen functional groups attached to an aromatic ring is 1. The summed E-state index contributed by atoms with van der Waals surface area (Å²) in [5.74, 6) is -0.813. The summed E-state index contributed by atoms with van der Waals surface area (Å²) in [4.78, 5) is 25.9. The van der Waals surface area contributed by atoms with Crippen LogP contribution in [0.25, 0.3) is 0 Å². The molecule has 0 bridgehead atoms. The first kappa shape index (κ1) is 14.1. The van der Waals surface area contributed by atoms with Gasteiger partial charge in [0.05, 0.1) is 5.56 Å². The van der Waals surface area contributed by atoms with Gasteiger partial charge in [-0.05, 0) is 30.2 Å². The monoisotopic (exact) mass is 296 g/mol. The molecule has 1 aliphatic rings. The average Bonchev–Trinajstić information content (AvgIpc) is 2.97. The van der Waals surface area contributed by atoms with Crippen molar-refractivity contribution in [1.82, 2.24) is 0 Å². The molecule has 1 aliphatic heterocycles. The molecule has 0 aliphatic carbocycles. The van der Waals surface area contributed by atoms with E-state index >= 15 is 0 Å². The van der Waals surface area contributed by atoms with E-state index in [0.29, 0.717) is 12.2 Å². The summed E-state index contributed by atoms with van der Waals surface area (Å²) in [6.45, 7) is 0.324. The Bertz CT molecular complexity index is 727. The van der Waals surface area contributed by atoms with Gasteiger partial charge in [0, 0.05) is 17.9 Å². The predicted molar refractivity (Wildman–Crippen MR) is 83.6 cm³/mol. The van der Waals surface area contributed by atoms with Crippen molar-refractivity contribution in [2.24, 2.45) is 0 Å². The van der Waals surface area contributed by atoms with Crippen molar-refractivity contribution in [3.8, 4) is 0 Å². The van der Waals surface area contributed by atoms with Gasteiger partial charge >= 0.3 is 5.97 Å². The third-order valence-corrected chi connectivity index (χ3v) is 3.70. The third kappa shape index (κ3) is 2.65. The van der Waals surface area contributed by atoms with Gasteiger partial charge in [0.15, 0.2) is 6.61 Å². The number of hydrogen-bond donors (Lipinski definition) is 1. The zero-order valence-electron chi connectivity index (χ0n) is 12.0. The van der Waals surface area contributed by atoms with Gasteiger partial charge in [-0.1, -0.05) is 30.3 Å². The van der Waals surface area contributed by atoms with E-state index in [1.807, 2.05) is 24.3 Å². The molecule has 5 nitrogen and oxygen atoms in total. The first-order chi connectivity index (χ1) is 10.7. The maximum Gasteiger partial charge on any atom is 0.340 e. The Morgan fingerprint density at radius 2 is 1.82 bits per heavy atom. The lowest BCUT2D eigenvalue weighted by molar-refractivity contribution is -0.121. The average molecular weight is 296 g/mol. The number of rotatable bonds is 3. The summed E-state index contributed by atoms with van der Waals surface area (Å²) in [6, 6.07) is 14.4. The van der Waals surface area contributed by atoms with Gasteiger partial charge in [-0.2, -0.15) is 0 Å². The van der Waals surface area contributed by atoms with Crippen molar-refractivity contribution in [2.45, 2.75) is 6.42 Å². The number of carbonyl (C=O) groups excluding carboxylic acids is 2. The normalized spacial score (nSPS) is 12.8. The van der Waals surface area contributed by atoms with Crippen LogP contribution in [-0.4, -0.2) is 25.0 Å². The Hall–Kier alpha value is -2.82. The zero-order chi connectivity index (χ0) is 15.5. The number of anilines is 2. The molecule has 0 aromatic heterocycles. The first-order valence-electron chi connectivity index (χ1n) is 7.06. The number of esters is 1. The maximum atomic E-state index is 12.2. The van der Waals surface area contributed by atoms with Crippen LogP contribution < -0.4 is 10.6 Å². The number of fused-ring (bicyclic) bond motifs is 1. The number of benzene rings is 2. The lowest BCUT2D eigenvalue weighted by atomic mass is 10.2. The second kappa shape index (κ2) is 5.89. The van der Waals surface area contributed by atoms with E-state index in [-0.39, 0.29) is 18.1 Å². The Labute approximate surface area is 128 Å². The standard InChI is InChI=1S/C17H16N2O3/c18-14-7-3-2-6-13(14)17(21)22-11-16(20)19-10-9-12-5-1-4-8-15(12)19/h1-8H,9-11,18H2. The molecule has 0 saturated heterocycles. The van der Waals surface area contributed by atoms with Crippen LogP contribution in [0.4, 0.5) is 11.4 Å². The Balaban J connectivity index is 1.64. The minimum absolute atomic E-state index is 0.229. The summed E-state index contributed by atoms with van der Waals surface area (Å²) in [5.41, 5.74) is 8.36. The van der Waals surface area contributed by atoms with Crippen LogP contribution in [0.1, 0.15) is 15.9 Å². The molecule has 2 N–H and O–H groups in total. The van der Waals surface area contributed by atoms with E-state index < -0.39 is 5.97 Å². The van der Waals surface area contributed by atoms with Gasteiger partial charge in [-0.15, -0.1) is 0 Å². The highest BCUT2D eigenvalue weighted by Crippen LogP contribution is 2.27. The minimum Gasteiger partial charge on any atom is -0.452 e. The number of hydrogen-bond acceptors (Lipinski definition) is 4. The van der Waals surface area contributed by atoms with Crippen molar-refractivity contribution in [2.75, 3.05) is 23.8 Å². The molecule has 0 saturated carbocycles. The number of carbonyl (C=O) groups is 2. The van der Waals surface area contributed by atoms with Gasteiger partial charge in [-0.25, -0.2) is 4.79 Å². The SMILES string of the molecule is Nc1ccccc1C(=O)OCC(=O)N1CCc2ccccc21. The molecule has 0 fully saturated rings. The Kier molecular flexibility index (Phi) is 3.78. The summed E-state index contributed by atoms with van der Waals surface area (Å²) < 4.78 is 5.09. The largest absolute Gasteiger partial charge is 0.452 e. The fourth-order valence-corrected chi connectivity index (χ4v) is 2.56. The molecule has 3 rings (SSSR count). The van der Waals surface area contributed by atoms with Crippen molar-refractivity contribution < 1.29 is 14.3 Å². The first-order valence-corrected chi connectivity index (χ1v) is 7.06. The summed E-state index contributed by atoms with van der Waals surface area (Å²) in [5, 5.41) is 0. The topological polar surface area (TPSA) is 72.6 Å². The van der Waals surface area contributed by atoms with E-state index in [1.165, 1.54) is 0 Å². The molecule has 1 heterocycles. The molecule has 22 heavy (non-hydrogen) atoms. The number of amides is 1. The number of nitrogens with two attached hydrogens (primary N) is 1. The lowest BCUT2D eigenvalue weighted by Crippen LogP contribution is -2.33. The van der Waals surface area contributed by atoms with Gasteiger partial charge in [0.1, 0.15) is 0 Å². The molecule has 5 heteroatoms. The predicted octanol–water partition coefficient (Wildman–Crippen LogP) is 2.01. The van der Waals surface area contributed by atoms with Gasteiger partial charge in [0.2, 0.25) is 0 Å². The minimum atomic E-state index is -0.584. The number of nitrogens with zero attached hydrogens (tertiary/aromatic N) is 1. The second-order valence-electron chi connectivity index (χ2n) is 5.09. The molecule has 0 spiro atoms. The van der Waals surface area contributed by atoms with Crippen LogP contribution in [-0.2, 0) is 16.0 Å². The van der Waals surface area contributed by atoms with E-state index in [0.717, 1.165) is 17.7 Å². The van der Waals surface area contributed by atoms with Crippen molar-refractivity contribution in [3.05, 3.63) is 59.7 Å². The Morgan fingerprint density at radius 3 is 2.64 bits per heavy atom. The van der Waals surface area contributed by atoms with Crippen LogP contribution in [0.15, 0.2) is 48.5 Å². The fourth-order valence-electron chi connectivity index (χ4n) is 2.56. The third-order valence-electron chi connectivity index (χ3n) is 3.70. The van der Waals surface area contributed by atoms with Crippen LogP contribution in [0.5, 0.6) is 0 Å². The molecule has 0 radical (unpaired) electrons. The molecule has 112 valence electrons. The molecular weight excluding hydrogens is 280 g/mol. The summed E-state index contributed by atoms with van der Waals surface area (Å²) in [6.07, 6.45) is 0.821. The highest BCUT2D eigenvalue weighted by atomic mass is 16.5. The molecule has 0 atom stereocenters. The summed E-state index contributed by atoms with van der Waals surface area (Å²) >= 11 is 0. The number of para-hydroxylation sites is 2. The van der Waals surface area contributed by atoms with Crippen LogP contribution in [0.3, 0.4) is 0 Å². The number of ether oxygens (including phenoxy) is 1. The molecule has 1 amide bonds. The van der Waals surface area contributed by atoms with Gasteiger partial charge < -0.3 is 15.4 Å². The van der Waals surface area contributed by atoms with E-state index in [9.17, 15) is 9.59 Å². The van der Waals surface area contributed by atoms with Crippen LogP contribution in [0, 0.1) is 0 Å². The lowest BCUT2D eigenvalue weighted by Gasteiger charge is -2.17. The van der Waals surface area contributed by atoms with Crippen LogP contribution in [0.2, 0.25) is 0 Å². The maximum absolute atomic E-state index is 12.2. The molecule has 2 aromatic rings. The van der Waals surface area contributed by atoms with Gasteiger partial charge in [-0.3, -0.25) is 4.79 Å². The van der Waals surface area contributed by atoms with Crippen molar-refractivity contribution in [3.63, 3.8) is 0 Å². The second-order valence-corrected chi connectivity index (χ2v) is 5.09. The van der Waals surface area contributed by atoms with Crippen molar-refractivity contribution in [1.29, 1.82) is 0 Å².